The summed E-state index contributed by atoms with van der Waals surface area (Å²) < 4.78 is 5.43. The topological polar surface area (TPSA) is 84.2 Å². The van der Waals surface area contributed by atoms with Crippen LogP contribution in [0.4, 0.5) is 0 Å². The van der Waals surface area contributed by atoms with Crippen molar-refractivity contribution in [3.8, 4) is 5.75 Å². The van der Waals surface area contributed by atoms with E-state index >= 15 is 0 Å². The maximum absolute atomic E-state index is 12.9. The Hall–Kier alpha value is -3.19. The van der Waals surface area contributed by atoms with Gasteiger partial charge in [-0.25, -0.2) is 0 Å². The fourth-order valence-corrected chi connectivity index (χ4v) is 3.33. The van der Waals surface area contributed by atoms with Crippen molar-refractivity contribution >= 4 is 17.4 Å². The number of likely N-dealkylation sites (tertiary alicyclic amines) is 1. The number of aliphatic hydroxyl groups is 1. The lowest BCUT2D eigenvalue weighted by atomic mass is 9.98. The number of pyridine rings is 1. The second kappa shape index (κ2) is 8.87. The highest BCUT2D eigenvalue weighted by molar-refractivity contribution is 6.46. The van der Waals surface area contributed by atoms with Crippen LogP contribution in [0.3, 0.4) is 0 Å². The van der Waals surface area contributed by atoms with E-state index in [1.807, 2.05) is 21.0 Å². The summed E-state index contributed by atoms with van der Waals surface area (Å²) in [6.07, 6.45) is 1.61. The first-order valence-corrected chi connectivity index (χ1v) is 9.65. The van der Waals surface area contributed by atoms with Crippen LogP contribution in [-0.2, 0) is 9.59 Å². The van der Waals surface area contributed by atoms with E-state index in [2.05, 4.69) is 4.98 Å². The summed E-state index contributed by atoms with van der Waals surface area (Å²) >= 11 is 0. The molecule has 29 heavy (non-hydrogen) atoms. The van der Waals surface area contributed by atoms with Crippen molar-refractivity contribution in [2.24, 2.45) is 0 Å². The summed E-state index contributed by atoms with van der Waals surface area (Å²) in [7, 11) is 3.96. The number of quaternary nitrogens is 1. The summed E-state index contributed by atoms with van der Waals surface area (Å²) in [5, 5.41) is 11.0. The fraction of sp³-hybridized carbons (Fsp3) is 0.318. The first kappa shape index (κ1) is 20.5. The van der Waals surface area contributed by atoms with Crippen LogP contribution in [0, 0.1) is 0 Å². The number of ketones is 1. The quantitative estimate of drug-likeness (QED) is 0.415. The summed E-state index contributed by atoms with van der Waals surface area (Å²) in [6.45, 7) is 3.47. The standard InChI is InChI=1S/C22H25N3O4/c1-4-29-16-10-8-15(9-11-16)20(26)18-19(17-7-5-6-12-23-17)25(14-13-24(2)3)22(28)21(18)27/h5-12,19,26H,4,13-14H2,1-3H3/p+1/t19-/m0/s1. The molecule has 1 saturated heterocycles. The maximum atomic E-state index is 12.9. The van der Waals surface area contributed by atoms with Crippen molar-refractivity contribution in [1.29, 1.82) is 0 Å². The molecule has 0 unspecified atom stereocenters. The van der Waals surface area contributed by atoms with Gasteiger partial charge >= 0.3 is 0 Å². The first-order chi connectivity index (χ1) is 13.9. The predicted molar refractivity (Wildman–Crippen MR) is 109 cm³/mol. The normalized spacial score (nSPS) is 18.5. The number of Topliss-reactive ketones (excluding diaryl/α,β-unsaturated/α-hetero) is 1. The van der Waals surface area contributed by atoms with Gasteiger partial charge in [0.05, 0.1) is 45.1 Å². The molecular formula is C22H26N3O4+. The van der Waals surface area contributed by atoms with E-state index < -0.39 is 17.7 Å². The highest BCUT2D eigenvalue weighted by atomic mass is 16.5. The number of carbonyl (C=O) groups is 2. The molecule has 1 aliphatic rings. The van der Waals surface area contributed by atoms with Crippen LogP contribution < -0.4 is 9.64 Å². The molecule has 2 aromatic rings. The highest BCUT2D eigenvalue weighted by Gasteiger charge is 2.46. The zero-order valence-corrected chi connectivity index (χ0v) is 16.9. The van der Waals surface area contributed by atoms with Crippen LogP contribution in [0.2, 0.25) is 0 Å². The van der Waals surface area contributed by atoms with E-state index in [0.717, 1.165) is 4.90 Å². The van der Waals surface area contributed by atoms with Gasteiger partial charge in [-0.2, -0.15) is 0 Å². The van der Waals surface area contributed by atoms with Crippen LogP contribution in [0.25, 0.3) is 5.76 Å². The molecule has 1 aromatic heterocycles. The highest BCUT2D eigenvalue weighted by Crippen LogP contribution is 2.38. The second-order valence-electron chi connectivity index (χ2n) is 7.16. The minimum absolute atomic E-state index is 0.0617. The monoisotopic (exact) mass is 396 g/mol. The van der Waals surface area contributed by atoms with Gasteiger partial charge in [-0.3, -0.25) is 14.6 Å². The number of aromatic nitrogens is 1. The first-order valence-electron chi connectivity index (χ1n) is 9.65. The predicted octanol–water partition coefficient (Wildman–Crippen LogP) is 1.05. The summed E-state index contributed by atoms with van der Waals surface area (Å²) in [5.41, 5.74) is 1.06. The molecule has 2 N–H and O–H groups in total. The van der Waals surface area contributed by atoms with E-state index in [9.17, 15) is 14.7 Å². The molecule has 1 fully saturated rings. The Kier molecular flexibility index (Phi) is 6.29. The molecule has 7 nitrogen and oxygen atoms in total. The average Bonchev–Trinajstić information content (AvgIpc) is 2.98. The van der Waals surface area contributed by atoms with Crippen molar-refractivity contribution in [1.82, 2.24) is 9.88 Å². The SMILES string of the molecule is CCOc1ccc(C(O)=C2C(=O)C(=O)N(CC[NH+](C)C)[C@H]2c2ccccn2)cc1. The van der Waals surface area contributed by atoms with Crippen LogP contribution in [0.1, 0.15) is 24.2 Å². The van der Waals surface area contributed by atoms with Gasteiger partial charge < -0.3 is 19.6 Å². The maximum Gasteiger partial charge on any atom is 0.295 e. The van der Waals surface area contributed by atoms with E-state index in [1.165, 1.54) is 4.90 Å². The molecule has 0 spiro atoms. The third-order valence-electron chi connectivity index (χ3n) is 4.80. The Labute approximate surface area is 170 Å². The van der Waals surface area contributed by atoms with Gasteiger partial charge in [0.2, 0.25) is 0 Å². The number of hydrogen-bond donors (Lipinski definition) is 2. The van der Waals surface area contributed by atoms with E-state index in [1.54, 1.807) is 48.7 Å². The van der Waals surface area contributed by atoms with Crippen molar-refractivity contribution in [2.75, 3.05) is 33.8 Å². The molecule has 0 aliphatic carbocycles. The smallest absolute Gasteiger partial charge is 0.295 e. The molecule has 1 aromatic carbocycles. The molecule has 0 bridgehead atoms. The third kappa shape index (κ3) is 4.30. The summed E-state index contributed by atoms with van der Waals surface area (Å²) in [5.74, 6) is -0.850. The van der Waals surface area contributed by atoms with Crippen molar-refractivity contribution in [2.45, 2.75) is 13.0 Å². The van der Waals surface area contributed by atoms with Crippen molar-refractivity contribution in [3.05, 3.63) is 65.5 Å². The number of nitrogens with zero attached hydrogens (tertiary/aromatic N) is 2. The van der Waals surface area contributed by atoms with Gasteiger partial charge in [0, 0.05) is 11.8 Å². The van der Waals surface area contributed by atoms with Gasteiger partial charge in [0.25, 0.3) is 11.7 Å². The van der Waals surface area contributed by atoms with Crippen molar-refractivity contribution < 1.29 is 24.3 Å². The molecule has 7 heteroatoms. The molecule has 0 radical (unpaired) electrons. The van der Waals surface area contributed by atoms with Gasteiger partial charge in [-0.1, -0.05) is 6.07 Å². The zero-order chi connectivity index (χ0) is 21.0. The van der Waals surface area contributed by atoms with E-state index in [0.29, 0.717) is 36.7 Å². The number of carbonyl (C=O) groups excluding carboxylic acids is 2. The summed E-state index contributed by atoms with van der Waals surface area (Å²) in [4.78, 5) is 32.6. The van der Waals surface area contributed by atoms with Gasteiger partial charge in [0.1, 0.15) is 17.6 Å². The molecule has 2 heterocycles. The number of rotatable bonds is 7. The fourth-order valence-electron chi connectivity index (χ4n) is 3.33. The lowest BCUT2D eigenvalue weighted by molar-refractivity contribution is -0.857. The Morgan fingerprint density at radius 2 is 1.90 bits per heavy atom. The number of nitrogens with one attached hydrogen (secondary N) is 1. The lowest BCUT2D eigenvalue weighted by Gasteiger charge is -2.24. The molecule has 3 rings (SSSR count). The third-order valence-corrected chi connectivity index (χ3v) is 4.80. The average molecular weight is 396 g/mol. The number of ether oxygens (including phenoxy) is 1. The Morgan fingerprint density at radius 3 is 2.48 bits per heavy atom. The van der Waals surface area contributed by atoms with Crippen molar-refractivity contribution in [3.63, 3.8) is 0 Å². The molecule has 152 valence electrons. The number of benzene rings is 1. The largest absolute Gasteiger partial charge is 0.507 e. The van der Waals surface area contributed by atoms with Crippen LogP contribution in [0.5, 0.6) is 5.75 Å². The Bertz CT molecular complexity index is 907. The second-order valence-corrected chi connectivity index (χ2v) is 7.16. The Morgan fingerprint density at radius 1 is 1.17 bits per heavy atom. The van der Waals surface area contributed by atoms with E-state index in [4.69, 9.17) is 4.74 Å². The number of aliphatic hydroxyl groups excluding tert-OH is 1. The zero-order valence-electron chi connectivity index (χ0n) is 16.9. The number of likely N-dealkylation sites (N-methyl/N-ethyl adjacent to an activating group) is 1. The van der Waals surface area contributed by atoms with E-state index in [-0.39, 0.29) is 11.3 Å². The molecule has 0 saturated carbocycles. The summed E-state index contributed by atoms with van der Waals surface area (Å²) in [6, 6.07) is 11.4. The number of amides is 1. The molecule has 1 amide bonds. The van der Waals surface area contributed by atoms with Crippen LogP contribution >= 0.6 is 0 Å². The lowest BCUT2D eigenvalue weighted by Crippen LogP contribution is -3.06. The Balaban J connectivity index is 2.07. The van der Waals surface area contributed by atoms with Crippen LogP contribution in [0.15, 0.2) is 54.2 Å². The number of hydrogen-bond acceptors (Lipinski definition) is 5. The molecular weight excluding hydrogens is 370 g/mol. The molecule has 1 aliphatic heterocycles. The minimum Gasteiger partial charge on any atom is -0.507 e. The minimum atomic E-state index is -0.720. The van der Waals surface area contributed by atoms with Gasteiger partial charge in [0.15, 0.2) is 0 Å². The van der Waals surface area contributed by atoms with Crippen LogP contribution in [-0.4, -0.2) is 60.5 Å². The van der Waals surface area contributed by atoms with Gasteiger partial charge in [-0.15, -0.1) is 0 Å². The molecule has 1 atom stereocenters. The van der Waals surface area contributed by atoms with Gasteiger partial charge in [-0.05, 0) is 43.3 Å².